The van der Waals surface area contributed by atoms with Crippen LogP contribution in [0.3, 0.4) is 0 Å². The van der Waals surface area contributed by atoms with E-state index in [2.05, 4.69) is 42.1 Å². The van der Waals surface area contributed by atoms with Crippen LogP contribution in [0.25, 0.3) is 27.7 Å². The number of aryl methyl sites for hydroxylation is 1. The summed E-state index contributed by atoms with van der Waals surface area (Å²) in [4.78, 5) is 21.2. The summed E-state index contributed by atoms with van der Waals surface area (Å²) in [6.45, 7) is 8.01. The van der Waals surface area contributed by atoms with Crippen molar-refractivity contribution in [1.29, 1.82) is 0 Å². The summed E-state index contributed by atoms with van der Waals surface area (Å²) in [7, 11) is -0.131. The molecule has 6 rings (SSSR count). The zero-order valence-corrected chi connectivity index (χ0v) is 28.7. The summed E-state index contributed by atoms with van der Waals surface area (Å²) in [5.74, 6) is 0.317. The standard InChI is InChI=1S/C38H44N4O4S/c1-26-21-30(16-17-33(26)32-10-8-20-40(4)24-32)31-9-6-18-38(3,22-31)47(45,46)42-25-35(34-11-7-19-39-36(34)42)28-12-14-29(15-13-28)37(44)41(5)23-27(2)43/h6-7,9,11-17,19,21-22,25,27,32,43H,8,10,18,20,23-24H2,1-5H3/t27-,32?,38?/m0/s1. The van der Waals surface area contributed by atoms with E-state index >= 15 is 0 Å². The van der Waals surface area contributed by atoms with E-state index in [9.17, 15) is 18.3 Å². The van der Waals surface area contributed by atoms with Gasteiger partial charge in [-0.1, -0.05) is 48.6 Å². The van der Waals surface area contributed by atoms with Crippen molar-refractivity contribution in [1.82, 2.24) is 18.8 Å². The van der Waals surface area contributed by atoms with Crippen LogP contribution in [-0.4, -0.2) is 82.8 Å². The number of hydrogen-bond donors (Lipinski definition) is 1. The van der Waals surface area contributed by atoms with Crippen molar-refractivity contribution in [2.75, 3.05) is 33.7 Å². The Morgan fingerprint density at radius 1 is 1.15 bits per heavy atom. The van der Waals surface area contributed by atoms with Gasteiger partial charge < -0.3 is 14.9 Å². The van der Waals surface area contributed by atoms with Gasteiger partial charge in [0.1, 0.15) is 4.75 Å². The van der Waals surface area contributed by atoms with Gasteiger partial charge in [0.2, 0.25) is 10.0 Å². The summed E-state index contributed by atoms with van der Waals surface area (Å²) in [6, 6.07) is 17.3. The number of likely N-dealkylation sites (tertiary alicyclic amines) is 1. The quantitative estimate of drug-likeness (QED) is 0.242. The number of carbonyl (C=O) groups is 1. The second-order valence-electron chi connectivity index (χ2n) is 13.5. The summed E-state index contributed by atoms with van der Waals surface area (Å²) in [6.07, 6.45) is 11.2. The summed E-state index contributed by atoms with van der Waals surface area (Å²) >= 11 is 0. The molecule has 1 N–H and O–H groups in total. The number of carbonyl (C=O) groups excluding carboxylic acids is 1. The predicted molar refractivity (Wildman–Crippen MR) is 189 cm³/mol. The Morgan fingerprint density at radius 2 is 1.89 bits per heavy atom. The Labute approximate surface area is 278 Å². The van der Waals surface area contributed by atoms with Crippen molar-refractivity contribution in [2.24, 2.45) is 0 Å². The van der Waals surface area contributed by atoms with E-state index < -0.39 is 20.9 Å². The highest BCUT2D eigenvalue weighted by atomic mass is 32.2. The zero-order chi connectivity index (χ0) is 33.5. The van der Waals surface area contributed by atoms with Gasteiger partial charge in [-0.25, -0.2) is 17.4 Å². The number of rotatable bonds is 8. The van der Waals surface area contributed by atoms with Crippen LogP contribution in [0.15, 0.2) is 85.2 Å². The number of aromatic nitrogens is 2. The first-order valence-corrected chi connectivity index (χ1v) is 17.8. The minimum Gasteiger partial charge on any atom is -0.392 e. The van der Waals surface area contributed by atoms with Crippen LogP contribution < -0.4 is 0 Å². The van der Waals surface area contributed by atoms with Crippen molar-refractivity contribution < 1.29 is 18.3 Å². The van der Waals surface area contributed by atoms with Gasteiger partial charge in [-0.15, -0.1) is 0 Å². The monoisotopic (exact) mass is 652 g/mol. The molecule has 2 aromatic carbocycles. The third kappa shape index (κ3) is 6.32. The molecule has 2 aromatic heterocycles. The molecule has 246 valence electrons. The van der Waals surface area contributed by atoms with Gasteiger partial charge >= 0.3 is 0 Å². The molecule has 47 heavy (non-hydrogen) atoms. The predicted octanol–water partition coefficient (Wildman–Crippen LogP) is 6.25. The Morgan fingerprint density at radius 3 is 2.60 bits per heavy atom. The molecule has 0 spiro atoms. The molecular weight excluding hydrogens is 609 g/mol. The first-order chi connectivity index (χ1) is 22.4. The summed E-state index contributed by atoms with van der Waals surface area (Å²) in [5, 5.41) is 10.4. The highest BCUT2D eigenvalue weighted by Gasteiger charge is 2.41. The van der Waals surface area contributed by atoms with Gasteiger partial charge in [-0.3, -0.25) is 4.79 Å². The molecule has 3 heterocycles. The molecule has 3 atom stereocenters. The lowest BCUT2D eigenvalue weighted by atomic mass is 9.85. The van der Waals surface area contributed by atoms with Gasteiger partial charge in [0.25, 0.3) is 5.91 Å². The van der Waals surface area contributed by atoms with Crippen molar-refractivity contribution in [3.05, 3.63) is 107 Å². The van der Waals surface area contributed by atoms with Gasteiger partial charge in [-0.05, 0) is 112 Å². The number of pyridine rings is 1. The number of piperidine rings is 1. The summed E-state index contributed by atoms with van der Waals surface area (Å²) < 4.78 is 29.3. The smallest absolute Gasteiger partial charge is 0.253 e. The molecule has 0 bridgehead atoms. The van der Waals surface area contributed by atoms with Gasteiger partial charge in [0.15, 0.2) is 5.65 Å². The van der Waals surface area contributed by atoms with Crippen LogP contribution >= 0.6 is 0 Å². The molecular formula is C38H44N4O4S. The maximum Gasteiger partial charge on any atom is 0.253 e. The van der Waals surface area contributed by atoms with E-state index in [0.29, 0.717) is 34.5 Å². The molecule has 2 aliphatic rings. The number of likely N-dealkylation sites (N-methyl/N-ethyl adjacent to an activating group) is 2. The molecule has 9 heteroatoms. The minimum atomic E-state index is -3.97. The molecule has 4 aromatic rings. The molecule has 2 unspecified atom stereocenters. The van der Waals surface area contributed by atoms with E-state index in [1.54, 1.807) is 51.5 Å². The highest BCUT2D eigenvalue weighted by Crippen LogP contribution is 2.39. The fraction of sp³-hybridized carbons (Fsp3) is 0.368. The van der Waals surface area contributed by atoms with Crippen LogP contribution in [0, 0.1) is 6.92 Å². The van der Waals surface area contributed by atoms with Gasteiger partial charge in [0.05, 0.1) is 6.10 Å². The average Bonchev–Trinajstić information content (AvgIpc) is 3.45. The van der Waals surface area contributed by atoms with Crippen molar-refractivity contribution >= 4 is 32.5 Å². The first-order valence-electron chi connectivity index (χ1n) is 16.3. The maximum absolute atomic E-state index is 14.6. The van der Waals surface area contributed by atoms with E-state index in [-0.39, 0.29) is 12.5 Å². The molecule has 8 nitrogen and oxygen atoms in total. The largest absolute Gasteiger partial charge is 0.392 e. The lowest BCUT2D eigenvalue weighted by molar-refractivity contribution is 0.0703. The molecule has 0 saturated carbocycles. The number of aliphatic hydroxyl groups is 1. The number of amides is 1. The molecule has 1 aliphatic carbocycles. The molecule has 0 radical (unpaired) electrons. The van der Waals surface area contributed by atoms with Crippen molar-refractivity contribution in [3.63, 3.8) is 0 Å². The zero-order valence-electron chi connectivity index (χ0n) is 27.8. The third-order valence-corrected chi connectivity index (χ3v) is 11.9. The molecule has 1 amide bonds. The maximum atomic E-state index is 14.6. The highest BCUT2D eigenvalue weighted by molar-refractivity contribution is 7.91. The Kier molecular flexibility index (Phi) is 9.00. The summed E-state index contributed by atoms with van der Waals surface area (Å²) in [5.41, 5.74) is 6.85. The van der Waals surface area contributed by atoms with Crippen LogP contribution in [-0.2, 0) is 10.0 Å². The minimum absolute atomic E-state index is 0.198. The fourth-order valence-corrected chi connectivity index (χ4v) is 8.76. The number of nitrogens with zero attached hydrogens (tertiary/aromatic N) is 4. The first kappa shape index (κ1) is 32.9. The van der Waals surface area contributed by atoms with Gasteiger partial charge in [0, 0.05) is 49.0 Å². The van der Waals surface area contributed by atoms with Crippen LogP contribution in [0.5, 0.6) is 0 Å². The van der Waals surface area contributed by atoms with Crippen molar-refractivity contribution in [3.8, 4) is 11.1 Å². The van der Waals surface area contributed by atoms with Crippen LogP contribution in [0.1, 0.15) is 66.1 Å². The SMILES string of the molecule is Cc1cc(C2=CC(C)(S(=O)(=O)n3cc(-c4ccc(C(=O)N(C)C[C@H](C)O)cc4)c4cccnc43)CC=C2)ccc1C1CCCN(C)C1. The number of allylic oxidation sites excluding steroid dienone is 3. The Balaban J connectivity index is 1.33. The lowest BCUT2D eigenvalue weighted by Crippen LogP contribution is -2.38. The topological polar surface area (TPSA) is 95.7 Å². The van der Waals surface area contributed by atoms with Crippen LogP contribution in [0.2, 0.25) is 0 Å². The second kappa shape index (κ2) is 12.9. The van der Waals surface area contributed by atoms with E-state index in [4.69, 9.17) is 0 Å². The Hall–Kier alpha value is -4.05. The Bertz CT molecular complexity index is 1980. The molecule has 1 aliphatic heterocycles. The van der Waals surface area contributed by atoms with E-state index in [0.717, 1.165) is 29.8 Å². The van der Waals surface area contributed by atoms with E-state index in [1.807, 2.05) is 36.4 Å². The number of hydrogen-bond acceptors (Lipinski definition) is 6. The second-order valence-corrected chi connectivity index (χ2v) is 15.8. The normalized spacial score (nSPS) is 21.1. The lowest BCUT2D eigenvalue weighted by Gasteiger charge is -2.31. The molecule has 1 saturated heterocycles. The number of benzene rings is 2. The van der Waals surface area contributed by atoms with E-state index in [1.165, 1.54) is 32.8 Å². The third-order valence-electron chi connectivity index (χ3n) is 9.66. The average molecular weight is 653 g/mol. The molecule has 1 fully saturated rings. The van der Waals surface area contributed by atoms with Crippen LogP contribution in [0.4, 0.5) is 0 Å². The number of aliphatic hydroxyl groups excluding tert-OH is 1. The van der Waals surface area contributed by atoms with Crippen molar-refractivity contribution in [2.45, 2.75) is 56.8 Å². The fourth-order valence-electron chi connectivity index (χ4n) is 7.11. The van der Waals surface area contributed by atoms with Gasteiger partial charge in [-0.2, -0.15) is 0 Å². The number of fused-ring (bicyclic) bond motifs is 1.